The zero-order valence-corrected chi connectivity index (χ0v) is 11.6. The molecule has 0 unspecified atom stereocenters. The lowest BCUT2D eigenvalue weighted by atomic mass is 9.92. The van der Waals surface area contributed by atoms with Crippen LogP contribution in [0, 0.1) is 10.8 Å². The molecular weight excluding hydrogens is 250 g/mol. The van der Waals surface area contributed by atoms with Gasteiger partial charge in [-0.1, -0.05) is 0 Å². The largest absolute Gasteiger partial charge is 0.481 e. The van der Waals surface area contributed by atoms with Gasteiger partial charge in [0.25, 0.3) is 0 Å². The van der Waals surface area contributed by atoms with Crippen molar-refractivity contribution in [2.45, 2.75) is 39.2 Å². The van der Waals surface area contributed by atoms with Crippen LogP contribution in [-0.4, -0.2) is 42.5 Å². The van der Waals surface area contributed by atoms with E-state index in [1.54, 1.807) is 20.8 Å². The highest BCUT2D eigenvalue weighted by molar-refractivity contribution is 5.81. The van der Waals surface area contributed by atoms with Crippen LogP contribution in [0.5, 0.6) is 0 Å². The first-order valence-corrected chi connectivity index (χ1v) is 6.49. The standard InChI is InChI=1S/C13H21NO5/c1-11(2,3)19-10(17)14-7-13(9(15)16)6-12(13)4-5-18-8-12/h4-8H2,1-3H3,(H,14,17)(H,15,16)/t12-,13-/m1/s1. The second-order valence-electron chi connectivity index (χ2n) is 6.50. The van der Waals surface area contributed by atoms with Gasteiger partial charge in [0.2, 0.25) is 0 Å². The van der Waals surface area contributed by atoms with E-state index < -0.39 is 23.1 Å². The molecule has 2 atom stereocenters. The molecule has 2 N–H and O–H groups in total. The predicted octanol–water partition coefficient (Wildman–Crippen LogP) is 1.39. The topological polar surface area (TPSA) is 84.9 Å². The number of amides is 1. The molecule has 1 spiro atoms. The highest BCUT2D eigenvalue weighted by Gasteiger charge is 2.73. The van der Waals surface area contributed by atoms with E-state index in [0.29, 0.717) is 19.6 Å². The number of alkyl carbamates (subject to hydrolysis) is 1. The van der Waals surface area contributed by atoms with Crippen LogP contribution in [0.2, 0.25) is 0 Å². The molecule has 1 amide bonds. The van der Waals surface area contributed by atoms with Gasteiger partial charge in [0, 0.05) is 18.6 Å². The Morgan fingerprint density at radius 3 is 2.58 bits per heavy atom. The first-order chi connectivity index (χ1) is 8.71. The summed E-state index contributed by atoms with van der Waals surface area (Å²) in [5.41, 5.74) is -1.77. The fourth-order valence-electron chi connectivity index (χ4n) is 2.82. The first kappa shape index (κ1) is 14.1. The normalized spacial score (nSPS) is 33.2. The van der Waals surface area contributed by atoms with Crippen molar-refractivity contribution in [1.29, 1.82) is 0 Å². The average molecular weight is 271 g/mol. The summed E-state index contributed by atoms with van der Waals surface area (Å²) < 4.78 is 10.4. The van der Waals surface area contributed by atoms with Crippen molar-refractivity contribution in [3.8, 4) is 0 Å². The summed E-state index contributed by atoms with van der Waals surface area (Å²) in [6.45, 7) is 6.46. The number of carboxylic acid groups (broad SMARTS) is 1. The summed E-state index contributed by atoms with van der Waals surface area (Å²) >= 11 is 0. The Hall–Kier alpha value is -1.30. The lowest BCUT2D eigenvalue weighted by Crippen LogP contribution is -2.40. The summed E-state index contributed by atoms with van der Waals surface area (Å²) in [4.78, 5) is 23.1. The molecule has 6 heteroatoms. The molecule has 0 bridgehead atoms. The van der Waals surface area contributed by atoms with E-state index >= 15 is 0 Å². The number of hydrogen-bond donors (Lipinski definition) is 2. The number of nitrogens with one attached hydrogen (secondary N) is 1. The average Bonchev–Trinajstić information content (AvgIpc) is 2.60. The zero-order valence-electron chi connectivity index (χ0n) is 11.6. The second kappa shape index (κ2) is 4.37. The van der Waals surface area contributed by atoms with Crippen LogP contribution < -0.4 is 5.32 Å². The Balaban J connectivity index is 1.94. The van der Waals surface area contributed by atoms with Gasteiger partial charge in [-0.05, 0) is 33.6 Å². The van der Waals surface area contributed by atoms with E-state index in [4.69, 9.17) is 9.47 Å². The highest BCUT2D eigenvalue weighted by Crippen LogP contribution is 2.67. The summed E-state index contributed by atoms with van der Waals surface area (Å²) in [7, 11) is 0. The SMILES string of the molecule is CC(C)(C)OC(=O)NC[C@@]1(C(=O)O)C[C@@]12CCOC2. The maximum atomic E-state index is 11.6. The van der Waals surface area contributed by atoms with Gasteiger partial charge < -0.3 is 19.9 Å². The van der Waals surface area contributed by atoms with E-state index in [1.807, 2.05) is 0 Å². The molecule has 1 heterocycles. The third-order valence-electron chi connectivity index (χ3n) is 3.98. The molecule has 1 aliphatic carbocycles. The number of hydrogen-bond acceptors (Lipinski definition) is 4. The molecule has 1 saturated carbocycles. The predicted molar refractivity (Wildman–Crippen MR) is 66.8 cm³/mol. The molecule has 2 rings (SSSR count). The molecular formula is C13H21NO5. The van der Waals surface area contributed by atoms with Crippen LogP contribution in [-0.2, 0) is 14.3 Å². The van der Waals surface area contributed by atoms with Crippen LogP contribution in [0.4, 0.5) is 4.79 Å². The summed E-state index contributed by atoms with van der Waals surface area (Å²) in [5.74, 6) is -0.867. The van der Waals surface area contributed by atoms with Crippen molar-refractivity contribution in [3.63, 3.8) is 0 Å². The molecule has 0 aromatic heterocycles. The molecule has 1 aliphatic heterocycles. The molecule has 0 aromatic carbocycles. The van der Waals surface area contributed by atoms with Gasteiger partial charge in [-0.3, -0.25) is 4.79 Å². The maximum Gasteiger partial charge on any atom is 0.407 e. The Morgan fingerprint density at radius 1 is 1.42 bits per heavy atom. The van der Waals surface area contributed by atoms with Gasteiger partial charge in [0.05, 0.1) is 12.0 Å². The van der Waals surface area contributed by atoms with Crippen molar-refractivity contribution < 1.29 is 24.2 Å². The minimum Gasteiger partial charge on any atom is -0.481 e. The maximum absolute atomic E-state index is 11.6. The lowest BCUT2D eigenvalue weighted by molar-refractivity contribution is -0.144. The Bertz CT molecular complexity index is 394. The molecule has 1 saturated heterocycles. The van der Waals surface area contributed by atoms with Crippen LogP contribution >= 0.6 is 0 Å². The van der Waals surface area contributed by atoms with Crippen molar-refractivity contribution in [2.24, 2.45) is 10.8 Å². The number of carbonyl (C=O) groups excluding carboxylic acids is 1. The number of carboxylic acids is 1. The van der Waals surface area contributed by atoms with E-state index in [0.717, 1.165) is 6.42 Å². The molecule has 0 aromatic rings. The summed E-state index contributed by atoms with van der Waals surface area (Å²) in [6, 6.07) is 0. The van der Waals surface area contributed by atoms with Crippen LogP contribution in [0.25, 0.3) is 0 Å². The molecule has 6 nitrogen and oxygen atoms in total. The first-order valence-electron chi connectivity index (χ1n) is 6.49. The van der Waals surface area contributed by atoms with E-state index in [1.165, 1.54) is 0 Å². The fourth-order valence-corrected chi connectivity index (χ4v) is 2.82. The van der Waals surface area contributed by atoms with E-state index in [2.05, 4.69) is 5.32 Å². The third-order valence-corrected chi connectivity index (χ3v) is 3.98. The smallest absolute Gasteiger partial charge is 0.407 e. The number of rotatable bonds is 3. The van der Waals surface area contributed by atoms with Crippen LogP contribution in [0.15, 0.2) is 0 Å². The number of ether oxygens (including phenoxy) is 2. The molecule has 2 aliphatic rings. The highest BCUT2D eigenvalue weighted by atomic mass is 16.6. The second-order valence-corrected chi connectivity index (χ2v) is 6.50. The van der Waals surface area contributed by atoms with Gasteiger partial charge in [0.15, 0.2) is 0 Å². The number of carbonyl (C=O) groups is 2. The van der Waals surface area contributed by atoms with Crippen molar-refractivity contribution in [3.05, 3.63) is 0 Å². The molecule has 2 fully saturated rings. The Kier molecular flexibility index (Phi) is 3.24. The Labute approximate surface area is 112 Å². The molecule has 19 heavy (non-hydrogen) atoms. The molecule has 0 radical (unpaired) electrons. The van der Waals surface area contributed by atoms with Gasteiger partial charge in [0.1, 0.15) is 5.60 Å². The third kappa shape index (κ3) is 2.54. The quantitative estimate of drug-likeness (QED) is 0.810. The van der Waals surface area contributed by atoms with Crippen molar-refractivity contribution in [2.75, 3.05) is 19.8 Å². The van der Waals surface area contributed by atoms with Crippen LogP contribution in [0.1, 0.15) is 33.6 Å². The zero-order chi connectivity index (χ0) is 14.3. The van der Waals surface area contributed by atoms with Crippen molar-refractivity contribution in [1.82, 2.24) is 5.32 Å². The van der Waals surface area contributed by atoms with Gasteiger partial charge in [-0.15, -0.1) is 0 Å². The monoisotopic (exact) mass is 271 g/mol. The number of aliphatic carboxylic acids is 1. The summed E-state index contributed by atoms with van der Waals surface area (Å²) in [6.07, 6.45) is 0.731. The minimum atomic E-state index is -0.888. The van der Waals surface area contributed by atoms with Crippen molar-refractivity contribution >= 4 is 12.1 Å². The van der Waals surface area contributed by atoms with Gasteiger partial charge in [-0.25, -0.2) is 4.79 Å². The van der Waals surface area contributed by atoms with Gasteiger partial charge >= 0.3 is 12.1 Å². The van der Waals surface area contributed by atoms with E-state index in [-0.39, 0.29) is 12.0 Å². The minimum absolute atomic E-state index is 0.0978. The molecule has 108 valence electrons. The van der Waals surface area contributed by atoms with Crippen LogP contribution in [0.3, 0.4) is 0 Å². The fraction of sp³-hybridized carbons (Fsp3) is 0.846. The summed E-state index contributed by atoms with van der Waals surface area (Å²) in [5, 5.41) is 12.0. The van der Waals surface area contributed by atoms with Gasteiger partial charge in [-0.2, -0.15) is 0 Å². The van der Waals surface area contributed by atoms with E-state index in [9.17, 15) is 14.7 Å². The lowest BCUT2D eigenvalue weighted by Gasteiger charge is -2.22. The Morgan fingerprint density at radius 2 is 2.11 bits per heavy atom.